The maximum atomic E-state index is 5.64. The summed E-state index contributed by atoms with van der Waals surface area (Å²) in [6.07, 6.45) is 3.44. The first kappa shape index (κ1) is 8.20. The molecule has 0 aromatic rings. The molecule has 1 heterocycles. The molecule has 1 aliphatic rings. The molecule has 0 aromatic carbocycles. The van der Waals surface area contributed by atoms with Crippen molar-refractivity contribution in [2.24, 2.45) is 11.5 Å². The van der Waals surface area contributed by atoms with E-state index >= 15 is 0 Å². The van der Waals surface area contributed by atoms with Gasteiger partial charge in [-0.2, -0.15) is 0 Å². The fourth-order valence-electron chi connectivity index (χ4n) is 1.20. The lowest BCUT2D eigenvalue weighted by Crippen LogP contribution is -2.40. The third kappa shape index (κ3) is 2.05. The highest BCUT2D eigenvalue weighted by atomic mass is 28.3. The van der Waals surface area contributed by atoms with Crippen LogP contribution in [0.5, 0.6) is 0 Å². The van der Waals surface area contributed by atoms with Crippen molar-refractivity contribution in [3.63, 3.8) is 0 Å². The van der Waals surface area contributed by atoms with Gasteiger partial charge in [-0.15, -0.1) is 0 Å². The topological polar surface area (TPSA) is 61.3 Å². The van der Waals surface area contributed by atoms with Crippen LogP contribution in [0.4, 0.5) is 0 Å². The quantitative estimate of drug-likeness (QED) is 0.540. The molecule has 4 N–H and O–H groups in total. The zero-order valence-corrected chi connectivity index (χ0v) is 7.18. The van der Waals surface area contributed by atoms with Gasteiger partial charge in [0.1, 0.15) is 0 Å². The Balaban J connectivity index is 2.25. The molecule has 1 rings (SSSR count). The highest BCUT2D eigenvalue weighted by Gasteiger charge is 2.21. The zero-order chi connectivity index (χ0) is 7.40. The average Bonchev–Trinajstić information content (AvgIpc) is 2.05. The van der Waals surface area contributed by atoms with Crippen molar-refractivity contribution >= 4 is 9.04 Å². The molecule has 1 saturated heterocycles. The number of nitrogens with two attached hydrogens (primary N) is 2. The van der Waals surface area contributed by atoms with E-state index < -0.39 is 9.04 Å². The first-order valence-electron chi connectivity index (χ1n) is 3.78. The van der Waals surface area contributed by atoms with Crippen LogP contribution in [0, 0.1) is 0 Å². The predicted molar refractivity (Wildman–Crippen MR) is 42.8 cm³/mol. The van der Waals surface area contributed by atoms with Crippen molar-refractivity contribution in [1.29, 1.82) is 0 Å². The number of hydrogen-bond donors (Lipinski definition) is 2. The van der Waals surface area contributed by atoms with Gasteiger partial charge in [0.15, 0.2) is 0 Å². The monoisotopic (exact) mass is 159 g/mol. The molecular formula is C6H15N2OSi. The van der Waals surface area contributed by atoms with Crippen LogP contribution < -0.4 is 11.5 Å². The summed E-state index contributed by atoms with van der Waals surface area (Å²) in [5, 5.41) is 0. The predicted octanol–water partition coefficient (Wildman–Crippen LogP) is -0.387. The highest BCUT2D eigenvalue weighted by Crippen LogP contribution is 2.15. The van der Waals surface area contributed by atoms with Gasteiger partial charge in [0.2, 0.25) is 9.04 Å². The van der Waals surface area contributed by atoms with Crippen molar-refractivity contribution < 1.29 is 4.43 Å². The lowest BCUT2D eigenvalue weighted by atomic mass is 10.2. The van der Waals surface area contributed by atoms with Crippen LogP contribution in [-0.2, 0) is 4.43 Å². The Morgan fingerprint density at radius 3 is 2.90 bits per heavy atom. The summed E-state index contributed by atoms with van der Waals surface area (Å²) in [6.45, 7) is 0.661. The van der Waals surface area contributed by atoms with Crippen LogP contribution in [-0.4, -0.2) is 27.9 Å². The van der Waals surface area contributed by atoms with Crippen molar-refractivity contribution in [3.8, 4) is 0 Å². The van der Waals surface area contributed by atoms with E-state index in [2.05, 4.69) is 0 Å². The first-order valence-corrected chi connectivity index (χ1v) is 5.60. The van der Waals surface area contributed by atoms with E-state index in [0.717, 1.165) is 12.6 Å². The van der Waals surface area contributed by atoms with Crippen LogP contribution in [0.1, 0.15) is 12.8 Å². The minimum Gasteiger partial charge on any atom is -0.411 e. The summed E-state index contributed by atoms with van der Waals surface area (Å²) in [5.41, 5.74) is 11.0. The van der Waals surface area contributed by atoms with E-state index in [1.54, 1.807) is 0 Å². The van der Waals surface area contributed by atoms with Crippen molar-refractivity contribution in [3.05, 3.63) is 0 Å². The zero-order valence-electron chi connectivity index (χ0n) is 6.18. The standard InChI is InChI=1S/C6H15N2OSi/c7-4-6-2-1-3-10(5-8)9-6/h6H,1-5,7-8H2. The molecule has 1 aliphatic heterocycles. The minimum atomic E-state index is -0.650. The third-order valence-electron chi connectivity index (χ3n) is 1.81. The largest absolute Gasteiger partial charge is 0.411 e. The maximum Gasteiger partial charge on any atom is 0.225 e. The van der Waals surface area contributed by atoms with E-state index in [1.165, 1.54) is 12.5 Å². The van der Waals surface area contributed by atoms with Gasteiger partial charge in [-0.25, -0.2) is 0 Å². The van der Waals surface area contributed by atoms with Gasteiger partial charge in [0.05, 0.1) is 6.10 Å². The van der Waals surface area contributed by atoms with Crippen molar-refractivity contribution in [2.45, 2.75) is 25.0 Å². The molecule has 1 atom stereocenters. The Morgan fingerprint density at radius 2 is 2.30 bits per heavy atom. The van der Waals surface area contributed by atoms with E-state index in [0.29, 0.717) is 12.6 Å². The van der Waals surface area contributed by atoms with Crippen LogP contribution in [0.2, 0.25) is 6.04 Å². The molecule has 0 saturated carbocycles. The normalized spacial score (nSPS) is 28.8. The van der Waals surface area contributed by atoms with Gasteiger partial charge >= 0.3 is 0 Å². The summed E-state index contributed by atoms with van der Waals surface area (Å²) in [5.74, 6) is 0. The second-order valence-electron chi connectivity index (χ2n) is 2.61. The SMILES string of the molecule is NCC1CCC[Si](CN)O1. The minimum absolute atomic E-state index is 0.311. The smallest absolute Gasteiger partial charge is 0.225 e. The van der Waals surface area contributed by atoms with Gasteiger partial charge in [-0.3, -0.25) is 0 Å². The molecule has 3 nitrogen and oxygen atoms in total. The molecule has 0 aromatic heterocycles. The molecule has 1 fully saturated rings. The summed E-state index contributed by atoms with van der Waals surface area (Å²) in [4.78, 5) is 0. The Morgan fingerprint density at radius 1 is 1.50 bits per heavy atom. The number of hydrogen-bond acceptors (Lipinski definition) is 3. The molecule has 0 aliphatic carbocycles. The van der Waals surface area contributed by atoms with Crippen LogP contribution in [0.25, 0.3) is 0 Å². The van der Waals surface area contributed by atoms with Gasteiger partial charge in [-0.1, -0.05) is 6.42 Å². The van der Waals surface area contributed by atoms with Crippen LogP contribution >= 0.6 is 0 Å². The molecule has 0 amide bonds. The molecule has 1 radical (unpaired) electrons. The van der Waals surface area contributed by atoms with Crippen molar-refractivity contribution in [1.82, 2.24) is 0 Å². The van der Waals surface area contributed by atoms with E-state index in [4.69, 9.17) is 15.9 Å². The second-order valence-corrected chi connectivity index (χ2v) is 4.83. The van der Waals surface area contributed by atoms with Gasteiger partial charge in [0, 0.05) is 12.7 Å². The van der Waals surface area contributed by atoms with Gasteiger partial charge in [0.25, 0.3) is 0 Å². The maximum absolute atomic E-state index is 5.64. The Bertz CT molecular complexity index is 91.7. The van der Waals surface area contributed by atoms with E-state index in [1.807, 2.05) is 0 Å². The van der Waals surface area contributed by atoms with Crippen molar-refractivity contribution in [2.75, 3.05) is 12.7 Å². The second kappa shape index (κ2) is 4.08. The molecular weight excluding hydrogens is 144 g/mol. The summed E-state index contributed by atoms with van der Waals surface area (Å²) in [7, 11) is -0.650. The lowest BCUT2D eigenvalue weighted by Gasteiger charge is -2.26. The third-order valence-corrected chi connectivity index (χ3v) is 3.84. The molecule has 1 unspecified atom stereocenters. The molecule has 4 heteroatoms. The Kier molecular flexibility index (Phi) is 3.34. The number of rotatable bonds is 2. The van der Waals surface area contributed by atoms with Gasteiger partial charge < -0.3 is 15.9 Å². The molecule has 10 heavy (non-hydrogen) atoms. The lowest BCUT2D eigenvalue weighted by molar-refractivity contribution is 0.178. The van der Waals surface area contributed by atoms with Crippen LogP contribution in [0.15, 0.2) is 0 Å². The van der Waals surface area contributed by atoms with E-state index in [9.17, 15) is 0 Å². The Hall–Kier alpha value is 0.0969. The fraction of sp³-hybridized carbons (Fsp3) is 1.00. The average molecular weight is 159 g/mol. The summed E-state index contributed by atoms with van der Waals surface area (Å²) in [6, 6.07) is 1.21. The summed E-state index contributed by atoms with van der Waals surface area (Å²) >= 11 is 0. The van der Waals surface area contributed by atoms with Crippen LogP contribution in [0.3, 0.4) is 0 Å². The van der Waals surface area contributed by atoms with E-state index in [-0.39, 0.29) is 0 Å². The highest BCUT2D eigenvalue weighted by molar-refractivity contribution is 6.52. The van der Waals surface area contributed by atoms with Gasteiger partial charge in [-0.05, 0) is 12.5 Å². The molecule has 0 bridgehead atoms. The molecule has 0 spiro atoms. The molecule has 59 valence electrons. The first-order chi connectivity index (χ1) is 4.86. The summed E-state index contributed by atoms with van der Waals surface area (Å²) < 4.78 is 5.64. The Labute approximate surface area is 63.5 Å². The fourth-order valence-corrected chi connectivity index (χ4v) is 2.90.